The van der Waals surface area contributed by atoms with Crippen LogP contribution in [0, 0.1) is 36.5 Å². The number of phenols is 1. The van der Waals surface area contributed by atoms with Crippen molar-refractivity contribution in [3.05, 3.63) is 155 Å². The van der Waals surface area contributed by atoms with E-state index in [2.05, 4.69) is 41.4 Å². The van der Waals surface area contributed by atoms with Crippen LogP contribution in [-0.4, -0.2) is 226 Å². The number of benzene rings is 5. The van der Waals surface area contributed by atoms with E-state index in [0.717, 1.165) is 89.2 Å². The van der Waals surface area contributed by atoms with Gasteiger partial charge < -0.3 is 129 Å². The van der Waals surface area contributed by atoms with E-state index in [1.165, 1.54) is 74.5 Å². The van der Waals surface area contributed by atoms with Crippen molar-refractivity contribution in [3.63, 3.8) is 0 Å². The zero-order valence-electron chi connectivity index (χ0n) is 81.4. The Morgan fingerprint density at radius 2 is 0.786 bits per heavy atom. The van der Waals surface area contributed by atoms with Crippen LogP contribution in [0.15, 0.2) is 91.0 Å². The summed E-state index contributed by atoms with van der Waals surface area (Å²) in [6.07, 6.45) is 3.46. The second kappa shape index (κ2) is 63.3. The number of ether oxygens (including phenoxy) is 12. The fraction of sp³-hybridized carbons (Fsp3) is 0.576. The number of amides is 5. The summed E-state index contributed by atoms with van der Waals surface area (Å²) in [5, 5.41) is 61.9. The van der Waals surface area contributed by atoms with Crippen molar-refractivity contribution in [2.45, 2.75) is 286 Å². The third-order valence-corrected chi connectivity index (χ3v) is 16.4. The normalized spacial score (nSPS) is 15.8. The number of carbonyl (C=O) groups is 8. The maximum Gasteiger partial charge on any atom is 1.00 e. The van der Waals surface area contributed by atoms with Crippen molar-refractivity contribution < 1.29 is 163 Å². The van der Waals surface area contributed by atoms with Crippen molar-refractivity contribution >= 4 is 57.1 Å². The maximum atomic E-state index is 13.7. The molecule has 0 unspecified atom stereocenters. The van der Waals surface area contributed by atoms with Gasteiger partial charge in [-0.25, -0.2) is 55.5 Å². The standard InChI is InChI=1S/C20H31FN2O4.C16H22FNO5.C15H22FNO4.C15H20FNO4.C8H7FO3.C8H17NO3.C5H11NO.C4H8O.CH3.B.Li.H/c1-13(11-23-19(25)27-20(2,3)4)26-18-9-8-15(21)10-14(18)12-22-16-6-5-7-17(16)24;1-10(9-18-15(20)23-16(2,3)4)22-13-7-6-11(17)8-12(13)14(19)21-5;2*1-10(8-17-14(19)21-15(2,3)4)20-13-6-5-12(16)7-11(13)9-18;1-12-8(11)6-4-5(9)2-3-7(6)10;1-6(10)5-9-7(11)12-8(2,3)4;6-4-2-1-3-5(4)7;1-2-4-5-3-1;;;;/h8-10,13,16-17,22,24H,5-7,11-12H2,1-4H3,(H,23,25);6-8,10H,9H2,1-5H3,(H,18,20);5-7,10,18H,8-9H2,1-4H3,(H,17,19);5-7,9-10H,8H2,1-4H3,(H,17,19);2-4,10H,1H3;6,10H,5H2,1-4H3,(H,9,11);4-5,7H,1-3,6H2;1-4H2;1H3;;;/q;;;;;;;;-1;;+1;-1/t13-,16+,17-;3*10-;;6-;4-,5+;;;;;/m0000.11...../s1. The number of aliphatic hydroxyl groups excluding tert-OH is 4. The molecule has 5 amide bonds. The van der Waals surface area contributed by atoms with Gasteiger partial charge in [0.05, 0.1) is 70.9 Å². The molecule has 3 aliphatic rings. The summed E-state index contributed by atoms with van der Waals surface area (Å²) in [7, 11) is 2.36. The molecule has 1 aliphatic heterocycles. The zero-order chi connectivity index (χ0) is 97.5. The van der Waals surface area contributed by atoms with Gasteiger partial charge in [-0.2, -0.15) is 0 Å². The predicted octanol–water partition coefficient (Wildman–Crippen LogP) is 11.6. The first-order valence-electron chi connectivity index (χ1n) is 41.9. The van der Waals surface area contributed by atoms with Gasteiger partial charge in [-0.3, -0.25) is 4.79 Å². The van der Waals surface area contributed by atoms with Crippen molar-refractivity contribution in [3.8, 4) is 28.7 Å². The Kier molecular flexibility index (Phi) is 60.5. The molecule has 5 aromatic rings. The number of alkyl carbamates (subject to hydrolysis) is 5. The number of hydrogen-bond donors (Lipinski definition) is 12. The van der Waals surface area contributed by atoms with Crippen molar-refractivity contribution in [1.29, 1.82) is 0 Å². The van der Waals surface area contributed by atoms with E-state index in [-0.39, 0.29) is 152 Å². The number of nitrogens with two attached hydrogens (primary N) is 1. The monoisotopic (exact) mass is 1860 g/mol. The van der Waals surface area contributed by atoms with Crippen LogP contribution in [0.5, 0.6) is 28.7 Å². The average Bonchev–Trinajstić information content (AvgIpc) is 1.32. The summed E-state index contributed by atoms with van der Waals surface area (Å²) in [6.45, 7) is 38.4. The SMILES string of the molecule is C1CCOC1.COC(=O)c1cc(F)ccc1O.COC(=O)c1cc(F)ccc1O[C@@H](C)CNC(=O)OC(C)(C)C.C[C@@H](CNC(=O)OC(C)(C)C)Oc1ccc(F)cc1C=O.C[C@@H](CNC(=O)OC(C)(C)C)Oc1ccc(F)cc1CN[C@@H]1CCC[C@@H]1O.C[C@@H](CNC(=O)OC(C)(C)C)Oc1ccc(F)cc1CO.C[C@@H](O)CNC(=O)OC(C)(C)C.N[C@@H]1CCC[C@@H]1O.[B].[CH3-].[H-].[Li+]. The maximum absolute atomic E-state index is 13.7. The quantitative estimate of drug-likeness (QED) is 0.00645. The number of halogens is 5. The Morgan fingerprint density at radius 3 is 1.11 bits per heavy atom. The molecule has 0 spiro atoms. The molecule has 9 atom stereocenters. The Morgan fingerprint density at radius 1 is 0.466 bits per heavy atom. The largest absolute Gasteiger partial charge is 1.00 e. The molecular formula is C92H142BF5LiN7O25-. The van der Waals surface area contributed by atoms with Crippen molar-refractivity contribution in [1.82, 2.24) is 31.9 Å². The molecular weight excluding hydrogens is 1720 g/mol. The second-order valence-electron chi connectivity index (χ2n) is 34.7. The Bertz CT molecular complexity index is 4180. The van der Waals surface area contributed by atoms with Crippen LogP contribution < -0.4 is 75.4 Å². The molecule has 0 bridgehead atoms. The number of aliphatic hydroxyl groups is 4. The third kappa shape index (κ3) is 60.0. The van der Waals surface area contributed by atoms with Gasteiger partial charge in [-0.1, -0.05) is 0 Å². The van der Waals surface area contributed by atoms with Gasteiger partial charge in [-0.05, 0) is 281 Å². The van der Waals surface area contributed by atoms with Crippen LogP contribution in [0.1, 0.15) is 233 Å². The van der Waals surface area contributed by atoms with E-state index in [1.807, 2.05) is 6.92 Å². The first-order valence-corrected chi connectivity index (χ1v) is 41.9. The minimum atomic E-state index is -0.757. The third-order valence-electron chi connectivity index (χ3n) is 16.4. The fourth-order valence-corrected chi connectivity index (χ4v) is 10.6. The minimum absolute atomic E-state index is 0. The Balaban J connectivity index is -0.000000732. The van der Waals surface area contributed by atoms with Gasteiger partial charge in [0.1, 0.15) is 121 Å². The molecule has 2 aliphatic carbocycles. The van der Waals surface area contributed by atoms with Crippen LogP contribution in [0.4, 0.5) is 45.9 Å². The smallest absolute Gasteiger partial charge is 1.00 e. The van der Waals surface area contributed by atoms with Crippen LogP contribution in [0.25, 0.3) is 0 Å². The first-order chi connectivity index (χ1) is 59.4. The molecule has 32 nitrogen and oxygen atoms in total. The molecule has 1 saturated heterocycles. The first kappa shape index (κ1) is 125. The average molecular weight is 1860 g/mol. The van der Waals surface area contributed by atoms with Crippen LogP contribution in [0.3, 0.4) is 0 Å². The summed E-state index contributed by atoms with van der Waals surface area (Å²) in [5.74, 6) is -2.82. The molecule has 13 N–H and O–H groups in total. The van der Waals surface area contributed by atoms with E-state index in [9.17, 15) is 65.4 Å². The number of aromatic hydroxyl groups is 1. The Labute approximate surface area is 784 Å². The molecule has 1 heterocycles. The van der Waals surface area contributed by atoms with E-state index in [4.69, 9.17) is 73.5 Å². The molecule has 3 radical (unpaired) electrons. The molecule has 735 valence electrons. The number of aldehydes is 1. The molecule has 8 rings (SSSR count). The number of methoxy groups -OCH3 is 2. The minimum Gasteiger partial charge on any atom is -1.00 e. The molecule has 131 heavy (non-hydrogen) atoms. The van der Waals surface area contributed by atoms with Crippen LogP contribution in [0.2, 0.25) is 0 Å². The summed E-state index contributed by atoms with van der Waals surface area (Å²) in [4.78, 5) is 90.5. The second-order valence-corrected chi connectivity index (χ2v) is 34.7. The topological polar surface area (TPSA) is 447 Å². The summed E-state index contributed by atoms with van der Waals surface area (Å²) in [5.41, 5.74) is 3.63. The number of carbonyl (C=O) groups excluding carboxylic acids is 8. The zero-order valence-corrected chi connectivity index (χ0v) is 80.4. The number of rotatable bonds is 25. The molecule has 5 aromatic carbocycles. The van der Waals surface area contributed by atoms with Gasteiger partial charge >= 0.3 is 61.3 Å². The van der Waals surface area contributed by atoms with Gasteiger partial charge in [-0.15, -0.1) is 0 Å². The molecule has 2 saturated carbocycles. The van der Waals surface area contributed by atoms with E-state index in [0.29, 0.717) is 35.5 Å². The number of nitrogens with one attached hydrogen (secondary N) is 6. The fourth-order valence-electron chi connectivity index (χ4n) is 10.6. The van der Waals surface area contributed by atoms with Crippen LogP contribution in [-0.2, 0) is 51.0 Å². The predicted molar refractivity (Wildman–Crippen MR) is 483 cm³/mol. The van der Waals surface area contributed by atoms with E-state index >= 15 is 0 Å². The summed E-state index contributed by atoms with van der Waals surface area (Å²) in [6, 6.07) is 18.7. The number of esters is 2. The van der Waals surface area contributed by atoms with E-state index < -0.39 is 112 Å². The summed E-state index contributed by atoms with van der Waals surface area (Å²) >= 11 is 0. The van der Waals surface area contributed by atoms with Crippen molar-refractivity contribution in [2.24, 2.45) is 5.73 Å². The molecule has 3 fully saturated rings. The van der Waals surface area contributed by atoms with Gasteiger partial charge in [0, 0.05) is 57.9 Å². The van der Waals surface area contributed by atoms with Gasteiger partial charge in [0.25, 0.3) is 0 Å². The summed E-state index contributed by atoms with van der Waals surface area (Å²) < 4.78 is 127. The van der Waals surface area contributed by atoms with Gasteiger partial charge in [0.2, 0.25) is 0 Å². The van der Waals surface area contributed by atoms with Crippen LogP contribution >= 0.6 is 0 Å². The van der Waals surface area contributed by atoms with Gasteiger partial charge in [0.15, 0.2) is 6.29 Å². The Hall–Kier alpha value is -9.91. The van der Waals surface area contributed by atoms with E-state index in [1.54, 1.807) is 138 Å². The van der Waals surface area contributed by atoms with Crippen molar-refractivity contribution in [2.75, 3.05) is 60.2 Å². The molecule has 0 aromatic heterocycles. The number of hydrogen-bond acceptors (Lipinski definition) is 27. The molecule has 39 heteroatoms. The number of phenolic OH excluding ortho intramolecular Hbond substituents is 1.